The predicted octanol–water partition coefficient (Wildman–Crippen LogP) is 3.60. The van der Waals surface area contributed by atoms with Gasteiger partial charge in [-0.15, -0.1) is 0 Å². The van der Waals surface area contributed by atoms with Crippen LogP contribution >= 0.6 is 15.9 Å². The highest BCUT2D eigenvalue weighted by Crippen LogP contribution is 2.39. The van der Waals surface area contributed by atoms with Crippen LogP contribution < -0.4 is 5.73 Å². The number of nitrogen functional groups attached to an aromatic ring is 1. The van der Waals surface area contributed by atoms with Crippen LogP contribution in [0.4, 0.5) is 19.0 Å². The Morgan fingerprint density at radius 2 is 1.69 bits per heavy atom. The molecule has 2 aromatic rings. The quantitative estimate of drug-likeness (QED) is 0.753. The molecule has 84 valence electrons. The molecule has 1 aromatic heterocycles. The van der Waals surface area contributed by atoms with Gasteiger partial charge in [-0.25, -0.2) is 4.98 Å². The fraction of sp³-hybridized carbons (Fsp3) is 0.100. The van der Waals surface area contributed by atoms with Crippen molar-refractivity contribution in [2.24, 2.45) is 0 Å². The summed E-state index contributed by atoms with van der Waals surface area (Å²) in [5.41, 5.74) is 4.43. The monoisotopic (exact) mass is 290 g/mol. The molecule has 1 heterocycles. The first-order chi connectivity index (χ1) is 7.41. The van der Waals surface area contributed by atoms with Gasteiger partial charge in [-0.2, -0.15) is 13.2 Å². The maximum absolute atomic E-state index is 12.8. The lowest BCUT2D eigenvalue weighted by Gasteiger charge is -2.13. The summed E-state index contributed by atoms with van der Waals surface area (Å²) in [6, 6.07) is 6.11. The van der Waals surface area contributed by atoms with Crippen molar-refractivity contribution in [3.63, 3.8) is 0 Å². The second-order valence-corrected chi connectivity index (χ2v) is 3.96. The van der Waals surface area contributed by atoms with Crippen LogP contribution in [0.2, 0.25) is 0 Å². The van der Waals surface area contributed by atoms with E-state index in [-0.39, 0.29) is 5.39 Å². The third kappa shape index (κ3) is 1.73. The van der Waals surface area contributed by atoms with Crippen LogP contribution in [0.1, 0.15) is 5.56 Å². The first-order valence-corrected chi connectivity index (χ1v) is 5.11. The van der Waals surface area contributed by atoms with Gasteiger partial charge in [-0.1, -0.05) is 24.3 Å². The van der Waals surface area contributed by atoms with E-state index in [9.17, 15) is 13.2 Å². The third-order valence-corrected chi connectivity index (χ3v) is 2.78. The van der Waals surface area contributed by atoms with Crippen LogP contribution in [0.15, 0.2) is 28.9 Å². The summed E-state index contributed by atoms with van der Waals surface area (Å²) in [6.07, 6.45) is -4.50. The lowest BCUT2D eigenvalue weighted by molar-refractivity contribution is -0.135. The molecule has 0 aliphatic rings. The molecule has 0 fully saturated rings. The van der Waals surface area contributed by atoms with Crippen molar-refractivity contribution in [3.8, 4) is 0 Å². The van der Waals surface area contributed by atoms with E-state index in [1.807, 2.05) is 0 Å². The average molecular weight is 291 g/mol. The molecule has 16 heavy (non-hydrogen) atoms. The van der Waals surface area contributed by atoms with Crippen LogP contribution in [0.25, 0.3) is 10.8 Å². The smallest absolute Gasteiger partial charge is 0.383 e. The van der Waals surface area contributed by atoms with Gasteiger partial charge in [0.05, 0.1) is 0 Å². The van der Waals surface area contributed by atoms with Crippen LogP contribution in [0.3, 0.4) is 0 Å². The van der Waals surface area contributed by atoms with E-state index in [0.717, 1.165) is 0 Å². The molecule has 0 spiro atoms. The Morgan fingerprint density at radius 1 is 1.12 bits per heavy atom. The Kier molecular flexibility index (Phi) is 2.53. The van der Waals surface area contributed by atoms with Gasteiger partial charge >= 0.3 is 6.18 Å². The molecule has 0 aliphatic carbocycles. The van der Waals surface area contributed by atoms with Gasteiger partial charge in [-0.05, 0) is 15.9 Å². The van der Waals surface area contributed by atoms with Crippen molar-refractivity contribution < 1.29 is 13.2 Å². The molecule has 0 radical (unpaired) electrons. The number of alkyl halides is 3. The van der Waals surface area contributed by atoms with Crippen molar-refractivity contribution in [1.29, 1.82) is 0 Å². The van der Waals surface area contributed by atoms with Crippen LogP contribution in [-0.2, 0) is 6.18 Å². The fourth-order valence-corrected chi connectivity index (χ4v) is 2.08. The molecule has 0 saturated carbocycles. The summed E-state index contributed by atoms with van der Waals surface area (Å²) in [6.45, 7) is 0. The SMILES string of the molecule is Nc1nc(Br)c2ccccc2c1C(F)(F)F. The molecule has 0 unspecified atom stereocenters. The van der Waals surface area contributed by atoms with Gasteiger partial charge < -0.3 is 5.73 Å². The number of nitrogens with two attached hydrogens (primary N) is 1. The summed E-state index contributed by atoms with van der Waals surface area (Å²) < 4.78 is 38.6. The number of fused-ring (bicyclic) bond motifs is 1. The summed E-state index contributed by atoms with van der Waals surface area (Å²) in [5.74, 6) is -0.516. The lowest BCUT2D eigenvalue weighted by atomic mass is 10.1. The van der Waals surface area contributed by atoms with Crippen molar-refractivity contribution >= 4 is 32.5 Å². The normalized spacial score (nSPS) is 12.0. The molecule has 2 N–H and O–H groups in total. The zero-order valence-corrected chi connectivity index (χ0v) is 9.43. The number of halogens is 4. The van der Waals surface area contributed by atoms with Gasteiger partial charge in [-0.3, -0.25) is 0 Å². The summed E-state index contributed by atoms with van der Waals surface area (Å²) in [7, 11) is 0. The highest BCUT2D eigenvalue weighted by Gasteiger charge is 2.36. The molecule has 0 atom stereocenters. The number of nitrogens with zero attached hydrogens (tertiary/aromatic N) is 1. The van der Waals surface area contributed by atoms with Crippen molar-refractivity contribution in [2.75, 3.05) is 5.73 Å². The molecule has 0 saturated heterocycles. The highest BCUT2D eigenvalue weighted by atomic mass is 79.9. The Bertz CT molecular complexity index is 551. The van der Waals surface area contributed by atoms with Gasteiger partial charge in [0, 0.05) is 10.8 Å². The predicted molar refractivity (Wildman–Crippen MR) is 58.9 cm³/mol. The van der Waals surface area contributed by atoms with E-state index in [1.165, 1.54) is 12.1 Å². The molecule has 0 amide bonds. The lowest BCUT2D eigenvalue weighted by Crippen LogP contribution is -2.11. The maximum atomic E-state index is 12.8. The molecule has 0 aliphatic heterocycles. The summed E-state index contributed by atoms with van der Waals surface area (Å²) in [4.78, 5) is 3.64. The molecular formula is C10H6BrF3N2. The second-order valence-electron chi connectivity index (χ2n) is 3.21. The van der Waals surface area contributed by atoms with E-state index < -0.39 is 17.6 Å². The molecule has 0 bridgehead atoms. The molecule has 6 heteroatoms. The van der Waals surface area contributed by atoms with E-state index >= 15 is 0 Å². The fourth-order valence-electron chi connectivity index (χ4n) is 1.54. The minimum atomic E-state index is -4.50. The highest BCUT2D eigenvalue weighted by molar-refractivity contribution is 9.10. The maximum Gasteiger partial charge on any atom is 0.420 e. The third-order valence-electron chi connectivity index (χ3n) is 2.18. The Morgan fingerprint density at radius 3 is 2.25 bits per heavy atom. The van der Waals surface area contributed by atoms with E-state index in [4.69, 9.17) is 5.73 Å². The minimum Gasteiger partial charge on any atom is -0.383 e. The van der Waals surface area contributed by atoms with E-state index in [0.29, 0.717) is 9.99 Å². The second kappa shape index (κ2) is 3.62. The number of benzene rings is 1. The largest absolute Gasteiger partial charge is 0.420 e. The van der Waals surface area contributed by atoms with Crippen molar-refractivity contribution in [1.82, 2.24) is 4.98 Å². The van der Waals surface area contributed by atoms with E-state index in [1.54, 1.807) is 12.1 Å². The number of hydrogen-bond acceptors (Lipinski definition) is 2. The van der Waals surface area contributed by atoms with Crippen LogP contribution in [-0.4, -0.2) is 4.98 Å². The Labute approximate surface area is 97.4 Å². The zero-order valence-electron chi connectivity index (χ0n) is 7.85. The number of pyridine rings is 1. The van der Waals surface area contributed by atoms with Crippen molar-refractivity contribution in [3.05, 3.63) is 34.4 Å². The number of aromatic nitrogens is 1. The zero-order chi connectivity index (χ0) is 11.9. The number of anilines is 1. The Hall–Kier alpha value is -1.30. The molecule has 2 rings (SSSR count). The molecule has 2 nitrogen and oxygen atoms in total. The van der Waals surface area contributed by atoms with Gasteiger partial charge in [0.1, 0.15) is 16.0 Å². The summed E-state index contributed by atoms with van der Waals surface area (Å²) in [5, 5.41) is 0.443. The number of hydrogen-bond donors (Lipinski definition) is 1. The topological polar surface area (TPSA) is 38.9 Å². The van der Waals surface area contributed by atoms with Gasteiger partial charge in [0.2, 0.25) is 0 Å². The van der Waals surface area contributed by atoms with Crippen molar-refractivity contribution in [2.45, 2.75) is 6.18 Å². The first-order valence-electron chi connectivity index (χ1n) is 4.32. The van der Waals surface area contributed by atoms with E-state index in [2.05, 4.69) is 20.9 Å². The standard InChI is InChI=1S/C10H6BrF3N2/c11-8-6-4-2-1-3-5(6)7(9(15)16-8)10(12,13)14/h1-4H,(H2,15,16). The summed E-state index contributed by atoms with van der Waals surface area (Å²) >= 11 is 3.09. The van der Waals surface area contributed by atoms with Gasteiger partial charge in [0.15, 0.2) is 0 Å². The van der Waals surface area contributed by atoms with Crippen LogP contribution in [0, 0.1) is 0 Å². The van der Waals surface area contributed by atoms with Gasteiger partial charge in [0.25, 0.3) is 0 Å². The number of rotatable bonds is 0. The molecule has 1 aromatic carbocycles. The first kappa shape index (κ1) is 11.2. The van der Waals surface area contributed by atoms with Crippen LogP contribution in [0.5, 0.6) is 0 Å². The molecular weight excluding hydrogens is 285 g/mol. The minimum absolute atomic E-state index is 0.0503. The Balaban J connectivity index is 2.93. The average Bonchev–Trinajstić information content (AvgIpc) is 2.15.